The summed E-state index contributed by atoms with van der Waals surface area (Å²) < 4.78 is 0.238. The van der Waals surface area contributed by atoms with Gasteiger partial charge in [-0.25, -0.2) is 4.98 Å². The van der Waals surface area contributed by atoms with Gasteiger partial charge in [0.15, 0.2) is 0 Å². The predicted molar refractivity (Wildman–Crippen MR) is 81.2 cm³/mol. The van der Waals surface area contributed by atoms with E-state index in [9.17, 15) is 4.79 Å². The number of carbonyl (C=O) groups excluding carboxylic acids is 1. The zero-order valence-electron chi connectivity index (χ0n) is 11.1. The third-order valence-electron chi connectivity index (χ3n) is 3.23. The number of pyridine rings is 1. The molecule has 4 nitrogen and oxygen atoms in total. The maximum absolute atomic E-state index is 12.1. The van der Waals surface area contributed by atoms with Crippen molar-refractivity contribution in [3.05, 3.63) is 22.8 Å². The fourth-order valence-corrected chi connectivity index (χ4v) is 2.72. The lowest BCUT2D eigenvalue weighted by atomic mass is 10.3. The van der Waals surface area contributed by atoms with Crippen molar-refractivity contribution in [3.8, 4) is 0 Å². The van der Waals surface area contributed by atoms with Crippen LogP contribution >= 0.6 is 23.4 Å². The lowest BCUT2D eigenvalue weighted by Gasteiger charge is -2.13. The van der Waals surface area contributed by atoms with Gasteiger partial charge in [0.2, 0.25) is 0 Å². The number of rotatable bonds is 6. The molecule has 1 aliphatic carbocycles. The van der Waals surface area contributed by atoms with Crippen molar-refractivity contribution in [1.29, 1.82) is 0 Å². The maximum atomic E-state index is 12.1. The summed E-state index contributed by atoms with van der Waals surface area (Å²) in [5.41, 5.74) is 0.289. The first kappa shape index (κ1) is 14.5. The average molecular weight is 300 g/mol. The van der Waals surface area contributed by atoms with E-state index in [0.29, 0.717) is 17.4 Å². The van der Waals surface area contributed by atoms with Crippen LogP contribution in [0.2, 0.25) is 5.02 Å². The minimum Gasteiger partial charge on any atom is -0.370 e. The van der Waals surface area contributed by atoms with Crippen LogP contribution in [-0.2, 0) is 0 Å². The molecule has 6 heteroatoms. The van der Waals surface area contributed by atoms with Gasteiger partial charge >= 0.3 is 0 Å². The van der Waals surface area contributed by atoms with Crippen molar-refractivity contribution in [1.82, 2.24) is 10.3 Å². The van der Waals surface area contributed by atoms with Crippen LogP contribution in [0.4, 0.5) is 5.82 Å². The quantitative estimate of drug-likeness (QED) is 0.848. The molecule has 1 aromatic rings. The Morgan fingerprint density at radius 2 is 2.26 bits per heavy atom. The van der Waals surface area contributed by atoms with Crippen molar-refractivity contribution in [2.75, 3.05) is 24.7 Å². The molecule has 0 saturated heterocycles. The first-order valence-corrected chi connectivity index (χ1v) is 7.94. The van der Waals surface area contributed by atoms with Gasteiger partial charge in [-0.15, -0.1) is 0 Å². The van der Waals surface area contributed by atoms with Crippen LogP contribution in [-0.4, -0.2) is 35.0 Å². The zero-order valence-corrected chi connectivity index (χ0v) is 12.7. The molecule has 1 aliphatic rings. The third kappa shape index (κ3) is 3.54. The molecule has 1 amide bonds. The fraction of sp³-hybridized carbons (Fsp3) is 0.538. The number of aromatic nitrogens is 1. The normalized spacial score (nSPS) is 15.9. The fourth-order valence-electron chi connectivity index (χ4n) is 1.80. The number of carbonyl (C=O) groups is 1. The SMILES string of the molecule is CCNc1ccc(Cl)c(C(=O)NCC2(SC)CC2)n1. The summed E-state index contributed by atoms with van der Waals surface area (Å²) in [6, 6.07) is 3.47. The minimum atomic E-state index is -0.204. The number of amides is 1. The standard InChI is InChI=1S/C13H18ClN3OS/c1-3-15-10-5-4-9(14)11(17-10)12(18)16-8-13(19-2)6-7-13/h4-5H,3,6-8H2,1-2H3,(H,15,17)(H,16,18). The second-order valence-electron chi connectivity index (χ2n) is 4.63. The van der Waals surface area contributed by atoms with Gasteiger partial charge in [0.1, 0.15) is 11.5 Å². The van der Waals surface area contributed by atoms with E-state index in [-0.39, 0.29) is 16.3 Å². The summed E-state index contributed by atoms with van der Waals surface area (Å²) in [5, 5.41) is 6.38. The van der Waals surface area contributed by atoms with Crippen LogP contribution in [0.25, 0.3) is 0 Å². The van der Waals surface area contributed by atoms with Crippen molar-refractivity contribution in [2.45, 2.75) is 24.5 Å². The molecule has 0 bridgehead atoms. The number of anilines is 1. The van der Waals surface area contributed by atoms with Gasteiger partial charge in [-0.3, -0.25) is 4.79 Å². The number of hydrogen-bond donors (Lipinski definition) is 2. The molecule has 1 saturated carbocycles. The van der Waals surface area contributed by atoms with Crippen LogP contribution in [0.15, 0.2) is 12.1 Å². The molecule has 0 aliphatic heterocycles. The highest BCUT2D eigenvalue weighted by Crippen LogP contribution is 2.46. The Labute approximate surface area is 122 Å². The first-order chi connectivity index (χ1) is 9.10. The predicted octanol–water partition coefficient (Wildman–Crippen LogP) is 2.79. The van der Waals surface area contributed by atoms with Crippen LogP contribution < -0.4 is 10.6 Å². The summed E-state index contributed by atoms with van der Waals surface area (Å²) in [6.45, 7) is 3.41. The first-order valence-electron chi connectivity index (χ1n) is 6.34. The van der Waals surface area contributed by atoms with Crippen LogP contribution in [0.1, 0.15) is 30.3 Å². The third-order valence-corrected chi connectivity index (χ3v) is 4.95. The van der Waals surface area contributed by atoms with E-state index in [1.165, 1.54) is 0 Å². The van der Waals surface area contributed by atoms with E-state index in [1.807, 2.05) is 18.7 Å². The Kier molecular flexibility index (Phi) is 4.58. The van der Waals surface area contributed by atoms with Crippen molar-refractivity contribution >= 4 is 35.1 Å². The van der Waals surface area contributed by atoms with E-state index in [1.54, 1.807) is 12.1 Å². The second kappa shape index (κ2) is 6.01. The molecule has 0 spiro atoms. The summed E-state index contributed by atoms with van der Waals surface area (Å²) in [4.78, 5) is 16.4. The summed E-state index contributed by atoms with van der Waals surface area (Å²) in [5.74, 6) is 0.466. The molecule has 2 rings (SSSR count). The van der Waals surface area contributed by atoms with Crippen LogP contribution in [0.3, 0.4) is 0 Å². The Bertz CT molecular complexity index is 477. The zero-order chi connectivity index (χ0) is 13.9. The molecule has 0 radical (unpaired) electrons. The number of nitrogens with zero attached hydrogens (tertiary/aromatic N) is 1. The largest absolute Gasteiger partial charge is 0.370 e. The molecule has 1 fully saturated rings. The molecule has 1 aromatic heterocycles. The van der Waals surface area contributed by atoms with Crippen LogP contribution in [0, 0.1) is 0 Å². The number of thioether (sulfide) groups is 1. The van der Waals surface area contributed by atoms with E-state index in [4.69, 9.17) is 11.6 Å². The van der Waals surface area contributed by atoms with Gasteiger partial charge in [-0.1, -0.05) is 11.6 Å². The highest BCUT2D eigenvalue weighted by molar-refractivity contribution is 8.00. The number of hydrogen-bond acceptors (Lipinski definition) is 4. The summed E-state index contributed by atoms with van der Waals surface area (Å²) >= 11 is 7.84. The average Bonchev–Trinajstić information content (AvgIpc) is 3.19. The summed E-state index contributed by atoms with van der Waals surface area (Å²) in [6.07, 6.45) is 4.40. The number of nitrogens with one attached hydrogen (secondary N) is 2. The molecular weight excluding hydrogens is 282 g/mol. The molecular formula is C13H18ClN3OS. The molecule has 0 aromatic carbocycles. The molecule has 0 atom stereocenters. The topological polar surface area (TPSA) is 54.0 Å². The Hall–Kier alpha value is -0.940. The maximum Gasteiger partial charge on any atom is 0.271 e. The van der Waals surface area contributed by atoms with Gasteiger partial charge in [-0.2, -0.15) is 11.8 Å². The summed E-state index contributed by atoms with van der Waals surface area (Å²) in [7, 11) is 0. The minimum absolute atomic E-state index is 0.204. The van der Waals surface area contributed by atoms with E-state index >= 15 is 0 Å². The second-order valence-corrected chi connectivity index (χ2v) is 6.31. The van der Waals surface area contributed by atoms with Gasteiger partial charge < -0.3 is 10.6 Å². The van der Waals surface area contributed by atoms with Crippen molar-refractivity contribution in [3.63, 3.8) is 0 Å². The van der Waals surface area contributed by atoms with Gasteiger partial charge in [0.05, 0.1) is 5.02 Å². The smallest absolute Gasteiger partial charge is 0.271 e. The monoisotopic (exact) mass is 299 g/mol. The Balaban J connectivity index is 2.03. The number of halogens is 1. The highest BCUT2D eigenvalue weighted by Gasteiger charge is 2.42. The van der Waals surface area contributed by atoms with Gasteiger partial charge in [0, 0.05) is 17.8 Å². The molecule has 19 heavy (non-hydrogen) atoms. The van der Waals surface area contributed by atoms with E-state index in [2.05, 4.69) is 21.9 Å². The van der Waals surface area contributed by atoms with Crippen LogP contribution in [0.5, 0.6) is 0 Å². The highest BCUT2D eigenvalue weighted by atomic mass is 35.5. The molecule has 1 heterocycles. The van der Waals surface area contributed by atoms with Crippen molar-refractivity contribution < 1.29 is 4.79 Å². The molecule has 2 N–H and O–H groups in total. The lowest BCUT2D eigenvalue weighted by molar-refractivity contribution is 0.0948. The van der Waals surface area contributed by atoms with E-state index < -0.39 is 0 Å². The van der Waals surface area contributed by atoms with Gasteiger partial charge in [-0.05, 0) is 38.2 Å². The lowest BCUT2D eigenvalue weighted by Crippen LogP contribution is -2.32. The molecule has 0 unspecified atom stereocenters. The Morgan fingerprint density at radius 3 is 2.84 bits per heavy atom. The molecule has 104 valence electrons. The van der Waals surface area contributed by atoms with Gasteiger partial charge in [0.25, 0.3) is 5.91 Å². The van der Waals surface area contributed by atoms with E-state index in [0.717, 1.165) is 19.4 Å². The van der Waals surface area contributed by atoms with Crippen molar-refractivity contribution in [2.24, 2.45) is 0 Å². The Morgan fingerprint density at radius 1 is 1.53 bits per heavy atom.